The summed E-state index contributed by atoms with van der Waals surface area (Å²) in [5.74, 6) is -0.114. The molecule has 0 atom stereocenters. The van der Waals surface area contributed by atoms with Crippen LogP contribution in [-0.4, -0.2) is 20.7 Å². The van der Waals surface area contributed by atoms with Crippen LogP contribution in [0.15, 0.2) is 58.7 Å². The quantitative estimate of drug-likeness (QED) is 0.383. The largest absolute Gasteiger partial charge is 0.326 e. The number of nitrogens with zero attached hydrogens (tertiary/aromatic N) is 2. The van der Waals surface area contributed by atoms with Gasteiger partial charge in [-0.1, -0.05) is 48.9 Å². The van der Waals surface area contributed by atoms with Crippen LogP contribution >= 0.6 is 22.9 Å². The number of carbonyl (C=O) groups excluding carboxylic acids is 1. The van der Waals surface area contributed by atoms with Gasteiger partial charge in [0.2, 0.25) is 11.0 Å². The standard InChI is InChI=1S/C24H23ClN4O2S/c1-3-16-6-4-5-7-20(16)26-22(30)13-12-19-15(2)28-29(23(19)31)24-27-21(14-32-24)17-8-10-18(25)11-9-17/h4-11,14,28H,3,12-13H2,1-2H3,(H,26,30). The van der Waals surface area contributed by atoms with E-state index in [4.69, 9.17) is 11.6 Å². The van der Waals surface area contributed by atoms with E-state index in [9.17, 15) is 9.59 Å². The molecule has 4 rings (SSSR count). The summed E-state index contributed by atoms with van der Waals surface area (Å²) in [6.07, 6.45) is 1.41. The van der Waals surface area contributed by atoms with E-state index < -0.39 is 0 Å². The first-order chi connectivity index (χ1) is 15.5. The highest BCUT2D eigenvalue weighted by atomic mass is 35.5. The van der Waals surface area contributed by atoms with E-state index >= 15 is 0 Å². The van der Waals surface area contributed by atoms with Gasteiger partial charge >= 0.3 is 0 Å². The normalized spacial score (nSPS) is 11.0. The zero-order valence-corrected chi connectivity index (χ0v) is 19.4. The molecular formula is C24H23ClN4O2S. The molecule has 0 fully saturated rings. The molecule has 0 unspecified atom stereocenters. The molecular weight excluding hydrogens is 444 g/mol. The summed E-state index contributed by atoms with van der Waals surface area (Å²) in [6, 6.07) is 15.1. The minimum absolute atomic E-state index is 0.114. The molecule has 0 spiro atoms. The van der Waals surface area contributed by atoms with Gasteiger partial charge in [0.1, 0.15) is 0 Å². The molecule has 2 N–H and O–H groups in total. The Bertz CT molecular complexity index is 1300. The average Bonchev–Trinajstić information content (AvgIpc) is 3.38. The smallest absolute Gasteiger partial charge is 0.276 e. The molecule has 2 heterocycles. The average molecular weight is 467 g/mol. The lowest BCUT2D eigenvalue weighted by Crippen LogP contribution is -2.19. The fourth-order valence-electron chi connectivity index (χ4n) is 3.53. The number of nitrogens with one attached hydrogen (secondary N) is 2. The van der Waals surface area contributed by atoms with Crippen molar-refractivity contribution in [2.24, 2.45) is 0 Å². The van der Waals surface area contributed by atoms with Crippen molar-refractivity contribution in [1.82, 2.24) is 14.8 Å². The van der Waals surface area contributed by atoms with Crippen molar-refractivity contribution in [3.05, 3.63) is 86.1 Å². The van der Waals surface area contributed by atoms with Gasteiger partial charge in [-0.2, -0.15) is 4.68 Å². The molecule has 0 saturated carbocycles. The number of halogens is 1. The summed E-state index contributed by atoms with van der Waals surface area (Å²) in [6.45, 7) is 3.89. The third-order valence-corrected chi connectivity index (χ3v) is 6.37. The molecule has 4 aromatic rings. The molecule has 2 aromatic heterocycles. The van der Waals surface area contributed by atoms with Gasteiger partial charge in [0.05, 0.1) is 5.69 Å². The lowest BCUT2D eigenvalue weighted by molar-refractivity contribution is -0.116. The number of amides is 1. The van der Waals surface area contributed by atoms with Crippen LogP contribution in [0.5, 0.6) is 0 Å². The van der Waals surface area contributed by atoms with Crippen LogP contribution in [0.1, 0.15) is 30.2 Å². The van der Waals surface area contributed by atoms with Crippen molar-refractivity contribution in [1.29, 1.82) is 0 Å². The summed E-state index contributed by atoms with van der Waals surface area (Å²) in [7, 11) is 0. The fourth-order valence-corrected chi connectivity index (χ4v) is 4.45. The zero-order chi connectivity index (χ0) is 22.7. The summed E-state index contributed by atoms with van der Waals surface area (Å²) >= 11 is 7.33. The number of hydrogen-bond donors (Lipinski definition) is 2. The lowest BCUT2D eigenvalue weighted by atomic mass is 10.1. The van der Waals surface area contributed by atoms with Crippen molar-refractivity contribution in [3.63, 3.8) is 0 Å². The van der Waals surface area contributed by atoms with E-state index in [0.717, 1.165) is 34.6 Å². The van der Waals surface area contributed by atoms with Gasteiger partial charge in [0.15, 0.2) is 0 Å². The van der Waals surface area contributed by atoms with E-state index in [1.165, 1.54) is 16.0 Å². The Morgan fingerprint density at radius 2 is 1.94 bits per heavy atom. The van der Waals surface area contributed by atoms with Crippen LogP contribution in [0.3, 0.4) is 0 Å². The van der Waals surface area contributed by atoms with E-state index in [1.54, 1.807) is 0 Å². The van der Waals surface area contributed by atoms with Gasteiger partial charge in [-0.15, -0.1) is 11.3 Å². The molecule has 2 aromatic carbocycles. The molecule has 6 nitrogen and oxygen atoms in total. The predicted octanol–water partition coefficient (Wildman–Crippen LogP) is 5.38. The second-order valence-electron chi connectivity index (χ2n) is 7.44. The Labute approximate surface area is 194 Å². The first kappa shape index (κ1) is 22.0. The fraction of sp³-hybridized carbons (Fsp3) is 0.208. The lowest BCUT2D eigenvalue weighted by Gasteiger charge is -2.09. The Kier molecular flexibility index (Phi) is 6.58. The van der Waals surface area contributed by atoms with Crippen molar-refractivity contribution in [2.45, 2.75) is 33.1 Å². The van der Waals surface area contributed by atoms with Gasteiger partial charge in [-0.3, -0.25) is 14.7 Å². The number of benzene rings is 2. The number of para-hydroxylation sites is 1. The number of H-pyrrole nitrogens is 1. The van der Waals surface area contributed by atoms with Crippen molar-refractivity contribution >= 4 is 34.5 Å². The Balaban J connectivity index is 1.48. The van der Waals surface area contributed by atoms with E-state index in [1.807, 2.05) is 67.8 Å². The SMILES string of the molecule is CCc1ccccc1NC(=O)CCc1c(C)[nH]n(-c2nc(-c3ccc(Cl)cc3)cs2)c1=O. The number of aryl methyl sites for hydroxylation is 2. The molecule has 0 aliphatic rings. The first-order valence-corrected chi connectivity index (χ1v) is 11.6. The topological polar surface area (TPSA) is 79.8 Å². The first-order valence-electron chi connectivity index (χ1n) is 10.4. The van der Waals surface area contributed by atoms with Crippen molar-refractivity contribution in [2.75, 3.05) is 5.32 Å². The minimum Gasteiger partial charge on any atom is -0.326 e. The molecule has 8 heteroatoms. The predicted molar refractivity (Wildman–Crippen MR) is 130 cm³/mol. The Hall–Kier alpha value is -3.16. The van der Waals surface area contributed by atoms with E-state index in [0.29, 0.717) is 22.1 Å². The third-order valence-electron chi connectivity index (χ3n) is 5.29. The maximum absolute atomic E-state index is 13.0. The van der Waals surface area contributed by atoms with Crippen LogP contribution in [0, 0.1) is 6.92 Å². The zero-order valence-electron chi connectivity index (χ0n) is 17.8. The third kappa shape index (κ3) is 4.69. The highest BCUT2D eigenvalue weighted by Gasteiger charge is 2.17. The van der Waals surface area contributed by atoms with Crippen LogP contribution < -0.4 is 10.9 Å². The Morgan fingerprint density at radius 1 is 1.19 bits per heavy atom. The molecule has 164 valence electrons. The van der Waals surface area contributed by atoms with E-state index in [2.05, 4.69) is 15.4 Å². The van der Waals surface area contributed by atoms with Gasteiger partial charge in [-0.05, 0) is 43.5 Å². The van der Waals surface area contributed by atoms with Gasteiger partial charge in [0.25, 0.3) is 5.56 Å². The van der Waals surface area contributed by atoms with Crippen LogP contribution in [-0.2, 0) is 17.6 Å². The number of rotatable bonds is 7. The number of anilines is 1. The van der Waals surface area contributed by atoms with Crippen molar-refractivity contribution in [3.8, 4) is 16.4 Å². The molecule has 0 aliphatic carbocycles. The molecule has 1 amide bonds. The molecule has 0 saturated heterocycles. The monoisotopic (exact) mass is 466 g/mol. The second kappa shape index (κ2) is 9.54. The summed E-state index contributed by atoms with van der Waals surface area (Å²) in [5, 5.41) is 9.16. The second-order valence-corrected chi connectivity index (χ2v) is 8.71. The van der Waals surface area contributed by atoms with Crippen molar-refractivity contribution < 1.29 is 4.79 Å². The van der Waals surface area contributed by atoms with Crippen LogP contribution in [0.25, 0.3) is 16.4 Å². The number of hydrogen-bond acceptors (Lipinski definition) is 4. The maximum atomic E-state index is 13.0. The summed E-state index contributed by atoms with van der Waals surface area (Å²) in [4.78, 5) is 30.1. The molecule has 32 heavy (non-hydrogen) atoms. The minimum atomic E-state index is -0.179. The van der Waals surface area contributed by atoms with Crippen LogP contribution in [0.2, 0.25) is 5.02 Å². The molecule has 0 aliphatic heterocycles. The number of aromatic nitrogens is 3. The maximum Gasteiger partial charge on any atom is 0.276 e. The van der Waals surface area contributed by atoms with Crippen LogP contribution in [0.4, 0.5) is 5.69 Å². The molecule has 0 radical (unpaired) electrons. The van der Waals surface area contributed by atoms with Gasteiger partial charge in [0, 0.05) is 39.3 Å². The van der Waals surface area contributed by atoms with E-state index in [-0.39, 0.29) is 17.9 Å². The highest BCUT2D eigenvalue weighted by Crippen LogP contribution is 2.25. The Morgan fingerprint density at radius 3 is 2.69 bits per heavy atom. The number of thiazole rings is 1. The number of carbonyl (C=O) groups is 1. The summed E-state index contributed by atoms with van der Waals surface area (Å²) < 4.78 is 1.44. The number of aromatic amines is 1. The van der Waals surface area contributed by atoms with Gasteiger partial charge in [-0.25, -0.2) is 4.98 Å². The molecule has 0 bridgehead atoms. The highest BCUT2D eigenvalue weighted by molar-refractivity contribution is 7.12. The van der Waals surface area contributed by atoms with Gasteiger partial charge < -0.3 is 5.32 Å². The summed E-state index contributed by atoms with van der Waals surface area (Å²) in [5.41, 5.74) is 4.75.